The molecule has 3 amide bonds. The second-order valence-electron chi connectivity index (χ2n) is 27.1. The Labute approximate surface area is 518 Å². The van der Waals surface area contributed by atoms with Gasteiger partial charge >= 0.3 is 36.8 Å². The summed E-state index contributed by atoms with van der Waals surface area (Å²) in [6, 6.07) is 10.3. The number of nitrogens with two attached hydrogens (primary N) is 1. The van der Waals surface area contributed by atoms with Gasteiger partial charge in [0.05, 0.1) is 45.0 Å². The predicted molar refractivity (Wildman–Crippen MR) is 337 cm³/mol. The monoisotopic (exact) mass is 1230 g/mol. The van der Waals surface area contributed by atoms with E-state index in [9.17, 15) is 34.6 Å². The van der Waals surface area contributed by atoms with Gasteiger partial charge in [-0.05, 0) is 213 Å². The Morgan fingerprint density at radius 1 is 0.609 bits per heavy atom. The van der Waals surface area contributed by atoms with Crippen LogP contribution in [0.15, 0.2) is 54.0 Å². The highest BCUT2D eigenvalue weighted by molar-refractivity contribution is 6.55. The van der Waals surface area contributed by atoms with E-state index in [2.05, 4.69) is 13.0 Å². The van der Waals surface area contributed by atoms with E-state index >= 15 is 0 Å². The largest absolute Gasteiger partial charge is 0.492 e. The molecule has 4 aliphatic heterocycles. The number of nitro benzene ring substituents is 2. The molecule has 10 rings (SSSR count). The normalized spacial score (nSPS) is 19.3. The van der Waals surface area contributed by atoms with Crippen LogP contribution in [-0.4, -0.2) is 136 Å². The molecule has 21 nitrogen and oxygen atoms in total. The Hall–Kier alpha value is -6.78. The first-order valence-electron chi connectivity index (χ1n) is 29.7. The molecule has 0 bridgehead atoms. The summed E-state index contributed by atoms with van der Waals surface area (Å²) < 4.78 is 45.4. The van der Waals surface area contributed by atoms with E-state index in [0.29, 0.717) is 66.8 Å². The molecule has 3 aromatic carbocycles. The van der Waals surface area contributed by atoms with Gasteiger partial charge in [0.15, 0.2) is 11.5 Å². The molecule has 1 unspecified atom stereocenters. The van der Waals surface area contributed by atoms with Gasteiger partial charge in [-0.15, -0.1) is 0 Å². The number of halogens is 1. The Morgan fingerprint density at radius 2 is 1.05 bits per heavy atom. The number of carbonyl (C=O) groups is 3. The highest BCUT2D eigenvalue weighted by atomic mass is 35.5. The van der Waals surface area contributed by atoms with Crippen molar-refractivity contribution in [1.29, 1.82) is 0 Å². The molecule has 2 saturated heterocycles. The molecule has 478 valence electrons. The highest BCUT2D eigenvalue weighted by Crippen LogP contribution is 2.42. The number of carbonyl (C=O) groups excluding carboxylic acids is 3. The Kier molecular flexibility index (Phi) is 21.8. The average molecular weight is 1230 g/mol. The summed E-state index contributed by atoms with van der Waals surface area (Å²) in [5, 5.41) is 22.6. The first-order valence-corrected chi connectivity index (χ1v) is 30.0. The summed E-state index contributed by atoms with van der Waals surface area (Å²) in [6.07, 6.45) is 10.5. The van der Waals surface area contributed by atoms with Crippen molar-refractivity contribution < 1.29 is 62.0 Å². The number of ether oxygens (including phenoxy) is 6. The number of nitro groups is 2. The standard InChI is InChI=1S/C19H24N2O5.C19H28N2O3.C15H26BNO4.C10H10ClNO3.CH4/c1-12-9-16(21(23)24)17(25-14-5-6-14)10-15(12)13-7-8-20(11-13)18(22)26-19(2,3)4;1-12-9-16(20)17(23-14-5-6-14)10-15(12)13-7-8-21(11-13)18(22)24-19(2,3)4;1-13(2,3)19-12(18)17-9-8-11(10-17)16-20-14(4,5)15(6,7)21-16;1-6-4-9(12(13)14)10(5-8(6)11)15-7-2-3-7;/h7,9-10,14H,5-6,8,11H2,1-4H3;9-10,13-14H,5-8,11,20H2,1-4H3;8H,9-10H2,1-7H3;4-5,7H,2-3H2,1H3;1H4. The van der Waals surface area contributed by atoms with Crippen molar-refractivity contribution in [3.05, 3.63) is 107 Å². The number of hydrogen-bond donors (Lipinski definition) is 1. The number of likely N-dealkylation sites (tertiary alicyclic amines) is 1. The van der Waals surface area contributed by atoms with E-state index < -0.39 is 26.6 Å². The summed E-state index contributed by atoms with van der Waals surface area (Å²) in [7, 11) is -0.387. The second-order valence-corrected chi connectivity index (χ2v) is 27.6. The van der Waals surface area contributed by atoms with Crippen LogP contribution in [0.1, 0.15) is 176 Å². The van der Waals surface area contributed by atoms with Crippen molar-refractivity contribution in [2.75, 3.05) is 45.0 Å². The van der Waals surface area contributed by atoms with E-state index in [1.54, 1.807) is 33.8 Å². The number of anilines is 1. The summed E-state index contributed by atoms with van der Waals surface area (Å²) in [5.41, 5.74) is 11.2. The smallest absolute Gasteiger partial charge is 0.488 e. The van der Waals surface area contributed by atoms with Crippen molar-refractivity contribution in [2.45, 2.75) is 215 Å². The van der Waals surface area contributed by atoms with Crippen LogP contribution >= 0.6 is 11.6 Å². The van der Waals surface area contributed by atoms with Crippen LogP contribution in [0.25, 0.3) is 5.57 Å². The Balaban J connectivity index is 0.000000188. The van der Waals surface area contributed by atoms with Gasteiger partial charge in [-0.3, -0.25) is 20.2 Å². The third-order valence-electron chi connectivity index (χ3n) is 15.1. The van der Waals surface area contributed by atoms with Crippen molar-refractivity contribution in [3.8, 4) is 17.2 Å². The van der Waals surface area contributed by atoms with Crippen molar-refractivity contribution in [1.82, 2.24) is 14.7 Å². The minimum atomic E-state index is -0.547. The fourth-order valence-electron chi connectivity index (χ4n) is 9.44. The fourth-order valence-corrected chi connectivity index (χ4v) is 9.59. The van der Waals surface area contributed by atoms with Crippen LogP contribution in [0.2, 0.25) is 5.02 Å². The number of nitrogens with zero attached hydrogens (tertiary/aromatic N) is 5. The molecule has 3 aliphatic carbocycles. The number of nitrogen functional groups attached to an aromatic ring is 1. The van der Waals surface area contributed by atoms with E-state index in [-0.39, 0.29) is 73.4 Å². The zero-order chi connectivity index (χ0) is 63.6. The lowest BCUT2D eigenvalue weighted by Gasteiger charge is -2.32. The van der Waals surface area contributed by atoms with Gasteiger partial charge in [0.25, 0.3) is 0 Å². The van der Waals surface area contributed by atoms with Crippen molar-refractivity contribution >= 4 is 59.6 Å². The van der Waals surface area contributed by atoms with E-state index in [4.69, 9.17) is 55.1 Å². The molecule has 0 aromatic heterocycles. The van der Waals surface area contributed by atoms with Gasteiger partial charge in [-0.1, -0.05) is 31.2 Å². The summed E-state index contributed by atoms with van der Waals surface area (Å²) >= 11 is 5.89. The highest BCUT2D eigenvalue weighted by Gasteiger charge is 2.53. The van der Waals surface area contributed by atoms with Crippen LogP contribution in [-0.2, 0) is 23.5 Å². The van der Waals surface area contributed by atoms with E-state index in [0.717, 1.165) is 85.0 Å². The number of rotatable bonds is 11. The molecule has 3 aromatic rings. The van der Waals surface area contributed by atoms with Crippen LogP contribution in [0.5, 0.6) is 17.2 Å². The fraction of sp³-hybridized carbons (Fsp3) is 0.609. The quantitative estimate of drug-likeness (QED) is 0.0616. The minimum Gasteiger partial charge on any atom is -0.488 e. The third-order valence-corrected chi connectivity index (χ3v) is 15.6. The number of aryl methyl sites for hydroxylation is 3. The molecule has 2 N–H and O–H groups in total. The first-order chi connectivity index (χ1) is 39.9. The Bertz CT molecular complexity index is 3080. The summed E-state index contributed by atoms with van der Waals surface area (Å²) in [4.78, 5) is 62.9. The predicted octanol–water partition coefficient (Wildman–Crippen LogP) is 14.5. The average Bonchev–Trinajstić information content (AvgIpc) is 1.77. The number of hydrogen-bond acceptors (Lipinski definition) is 16. The second kappa shape index (κ2) is 27.3. The van der Waals surface area contributed by atoms with Gasteiger partial charge in [0, 0.05) is 68.4 Å². The van der Waals surface area contributed by atoms with Crippen molar-refractivity contribution in [2.24, 2.45) is 0 Å². The molecule has 7 aliphatic rings. The molecule has 5 fully saturated rings. The molecule has 4 heterocycles. The SMILES string of the molecule is C.CC(C)(C)OC(=O)N1CC=C(B2OC(C)(C)C(C)(C)O2)C1.Cc1cc(N)c(OC2CC2)cc1C1CCN(C(=O)OC(C)(C)C)C1.Cc1cc([N+](=O)[O-])c(OC2CC2)cc1C1=CCN(C(=O)OC(C)(C)C)C1.Cc1cc([N+](=O)[O-])c(OC2CC2)cc1Cl. The first kappa shape index (κ1) is 69.3. The van der Waals surface area contributed by atoms with Gasteiger partial charge in [0.1, 0.15) is 22.6 Å². The van der Waals surface area contributed by atoms with Crippen LogP contribution < -0.4 is 19.9 Å². The summed E-state index contributed by atoms with van der Waals surface area (Å²) in [6.45, 7) is 33.8. The lowest BCUT2D eigenvalue weighted by Crippen LogP contribution is -2.41. The Morgan fingerprint density at radius 3 is 1.52 bits per heavy atom. The lowest BCUT2D eigenvalue weighted by molar-refractivity contribution is -0.386. The van der Waals surface area contributed by atoms with Gasteiger partial charge in [0.2, 0.25) is 0 Å². The van der Waals surface area contributed by atoms with Crippen molar-refractivity contribution in [3.63, 3.8) is 0 Å². The zero-order valence-electron chi connectivity index (χ0n) is 53.0. The van der Waals surface area contributed by atoms with Gasteiger partial charge < -0.3 is 58.2 Å². The lowest BCUT2D eigenvalue weighted by atomic mass is 9.79. The number of benzene rings is 3. The molecule has 23 heteroatoms. The molecular formula is C64H92BClN6O15. The summed E-state index contributed by atoms with van der Waals surface area (Å²) in [5.74, 6) is 1.67. The maximum Gasteiger partial charge on any atom is 0.492 e. The number of amides is 3. The van der Waals surface area contributed by atoms with Gasteiger partial charge in [-0.2, -0.15) is 0 Å². The minimum absolute atomic E-state index is 0. The van der Waals surface area contributed by atoms with Crippen LogP contribution in [0.4, 0.5) is 31.4 Å². The zero-order valence-corrected chi connectivity index (χ0v) is 53.8. The maximum absolute atomic E-state index is 12.3. The molecule has 87 heavy (non-hydrogen) atoms. The van der Waals surface area contributed by atoms with Crippen LogP contribution in [0.3, 0.4) is 0 Å². The molecule has 3 saturated carbocycles. The third kappa shape index (κ3) is 19.6. The van der Waals surface area contributed by atoms with E-state index in [1.165, 1.54) is 17.7 Å². The molecular weight excluding hydrogens is 1140 g/mol. The topological polar surface area (TPSA) is 247 Å². The maximum atomic E-state index is 12.3. The molecule has 1 atom stereocenters. The van der Waals surface area contributed by atoms with Gasteiger partial charge in [-0.25, -0.2) is 14.4 Å². The van der Waals surface area contributed by atoms with Crippen LogP contribution in [0, 0.1) is 41.0 Å². The molecule has 0 radical (unpaired) electrons. The van der Waals surface area contributed by atoms with E-state index in [1.807, 2.05) is 115 Å². The molecule has 0 spiro atoms.